The van der Waals surface area contributed by atoms with Crippen molar-refractivity contribution in [3.8, 4) is 11.1 Å². The van der Waals surface area contributed by atoms with Crippen LogP contribution in [0.25, 0.3) is 11.1 Å². The molecule has 1 aliphatic heterocycles. The highest BCUT2D eigenvalue weighted by atomic mass is 16.1. The van der Waals surface area contributed by atoms with Crippen LogP contribution in [-0.4, -0.2) is 19.0 Å². The maximum atomic E-state index is 11.6. The highest BCUT2D eigenvalue weighted by Crippen LogP contribution is 2.39. The highest BCUT2D eigenvalue weighted by Gasteiger charge is 2.24. The van der Waals surface area contributed by atoms with Crippen LogP contribution in [0.2, 0.25) is 0 Å². The highest BCUT2D eigenvalue weighted by molar-refractivity contribution is 6.00. The molecule has 114 valence electrons. The SMILES string of the molecule is NC(=O)c1ccc(-c2ccccc2)c(C2CCNCC2)c1N. The molecule has 4 heteroatoms. The van der Waals surface area contributed by atoms with E-state index in [9.17, 15) is 4.79 Å². The third-order valence-electron chi connectivity index (χ3n) is 4.38. The number of carbonyl (C=O) groups excluding carboxylic acids is 1. The second-order valence-corrected chi connectivity index (χ2v) is 5.74. The molecule has 1 fully saturated rings. The minimum Gasteiger partial charge on any atom is -0.398 e. The largest absolute Gasteiger partial charge is 0.398 e. The van der Waals surface area contributed by atoms with E-state index in [1.54, 1.807) is 6.07 Å². The van der Waals surface area contributed by atoms with Crippen LogP contribution >= 0.6 is 0 Å². The maximum absolute atomic E-state index is 11.6. The Morgan fingerprint density at radius 1 is 1.05 bits per heavy atom. The van der Waals surface area contributed by atoms with Gasteiger partial charge in [0.2, 0.25) is 0 Å². The fraction of sp³-hybridized carbons (Fsp3) is 0.278. The molecule has 1 aliphatic rings. The number of hydrogen-bond acceptors (Lipinski definition) is 3. The summed E-state index contributed by atoms with van der Waals surface area (Å²) < 4.78 is 0. The average Bonchev–Trinajstić information content (AvgIpc) is 2.55. The van der Waals surface area contributed by atoms with Crippen molar-refractivity contribution in [3.05, 3.63) is 53.6 Å². The summed E-state index contributed by atoms with van der Waals surface area (Å²) in [5.41, 5.74) is 16.1. The van der Waals surface area contributed by atoms with Crippen LogP contribution in [0.4, 0.5) is 5.69 Å². The Morgan fingerprint density at radius 2 is 1.73 bits per heavy atom. The van der Waals surface area contributed by atoms with Crippen molar-refractivity contribution in [2.45, 2.75) is 18.8 Å². The van der Waals surface area contributed by atoms with Crippen LogP contribution in [0.5, 0.6) is 0 Å². The van der Waals surface area contributed by atoms with Gasteiger partial charge in [0.1, 0.15) is 0 Å². The summed E-state index contributed by atoms with van der Waals surface area (Å²) >= 11 is 0. The standard InChI is InChI=1S/C18H21N3O/c19-17-15(18(20)22)7-6-14(12-4-2-1-3-5-12)16(17)13-8-10-21-11-9-13/h1-7,13,21H,8-11,19H2,(H2,20,22). The van der Waals surface area contributed by atoms with Crippen LogP contribution < -0.4 is 16.8 Å². The van der Waals surface area contributed by atoms with Gasteiger partial charge in [0.05, 0.1) is 5.56 Å². The molecule has 3 rings (SSSR count). The van der Waals surface area contributed by atoms with Crippen LogP contribution in [0.1, 0.15) is 34.7 Å². The molecule has 5 N–H and O–H groups in total. The minimum atomic E-state index is -0.465. The van der Waals surface area contributed by atoms with E-state index in [1.807, 2.05) is 24.3 Å². The average molecular weight is 295 g/mol. The number of rotatable bonds is 3. The van der Waals surface area contributed by atoms with Gasteiger partial charge in [-0.15, -0.1) is 0 Å². The van der Waals surface area contributed by atoms with Crippen LogP contribution in [0, 0.1) is 0 Å². The topological polar surface area (TPSA) is 81.1 Å². The Balaban J connectivity index is 2.16. The Labute approximate surface area is 130 Å². The van der Waals surface area contributed by atoms with E-state index in [-0.39, 0.29) is 0 Å². The predicted molar refractivity (Wildman–Crippen MR) is 89.7 cm³/mol. The molecule has 1 saturated heterocycles. The summed E-state index contributed by atoms with van der Waals surface area (Å²) in [7, 11) is 0. The van der Waals surface area contributed by atoms with Crippen molar-refractivity contribution in [1.82, 2.24) is 5.32 Å². The van der Waals surface area contributed by atoms with Gasteiger partial charge in [-0.05, 0) is 54.6 Å². The van der Waals surface area contributed by atoms with Gasteiger partial charge in [0, 0.05) is 5.69 Å². The number of anilines is 1. The van der Waals surface area contributed by atoms with E-state index >= 15 is 0 Å². The number of nitrogen functional groups attached to an aromatic ring is 1. The molecular weight excluding hydrogens is 274 g/mol. The molecule has 0 atom stereocenters. The molecule has 0 aliphatic carbocycles. The van der Waals surface area contributed by atoms with Crippen molar-refractivity contribution >= 4 is 11.6 Å². The van der Waals surface area contributed by atoms with Crippen molar-refractivity contribution in [2.75, 3.05) is 18.8 Å². The zero-order chi connectivity index (χ0) is 15.5. The van der Waals surface area contributed by atoms with Crippen molar-refractivity contribution < 1.29 is 4.79 Å². The zero-order valence-electron chi connectivity index (χ0n) is 12.5. The van der Waals surface area contributed by atoms with Gasteiger partial charge in [0.15, 0.2) is 0 Å². The number of piperidine rings is 1. The first kappa shape index (κ1) is 14.6. The van der Waals surface area contributed by atoms with Crippen molar-refractivity contribution in [2.24, 2.45) is 5.73 Å². The van der Waals surface area contributed by atoms with Crippen LogP contribution in [-0.2, 0) is 0 Å². The number of nitrogens with one attached hydrogen (secondary N) is 1. The summed E-state index contributed by atoms with van der Waals surface area (Å²) in [4.78, 5) is 11.6. The first-order valence-electron chi connectivity index (χ1n) is 7.67. The summed E-state index contributed by atoms with van der Waals surface area (Å²) in [5.74, 6) is -0.108. The monoisotopic (exact) mass is 295 g/mol. The molecule has 1 heterocycles. The summed E-state index contributed by atoms with van der Waals surface area (Å²) in [5, 5.41) is 3.37. The lowest BCUT2D eigenvalue weighted by Crippen LogP contribution is -2.28. The molecule has 2 aromatic rings. The van der Waals surface area contributed by atoms with Crippen LogP contribution in [0.3, 0.4) is 0 Å². The molecule has 0 radical (unpaired) electrons. The van der Waals surface area contributed by atoms with Gasteiger partial charge >= 0.3 is 0 Å². The normalized spacial score (nSPS) is 15.6. The first-order valence-corrected chi connectivity index (χ1v) is 7.67. The van der Waals surface area contributed by atoms with Crippen molar-refractivity contribution in [3.63, 3.8) is 0 Å². The van der Waals surface area contributed by atoms with Crippen LogP contribution in [0.15, 0.2) is 42.5 Å². The van der Waals surface area contributed by atoms with Gasteiger partial charge < -0.3 is 16.8 Å². The molecule has 0 unspecified atom stereocenters. The van der Waals surface area contributed by atoms with Crippen molar-refractivity contribution in [1.29, 1.82) is 0 Å². The molecule has 0 aromatic heterocycles. The quantitative estimate of drug-likeness (QED) is 0.761. The molecule has 22 heavy (non-hydrogen) atoms. The molecule has 0 spiro atoms. The molecular formula is C18H21N3O. The smallest absolute Gasteiger partial charge is 0.250 e. The zero-order valence-corrected chi connectivity index (χ0v) is 12.5. The number of benzene rings is 2. The van der Waals surface area contributed by atoms with E-state index in [0.717, 1.165) is 42.6 Å². The molecule has 0 saturated carbocycles. The second kappa shape index (κ2) is 6.20. The Bertz CT molecular complexity index is 676. The van der Waals surface area contributed by atoms with Gasteiger partial charge in [-0.3, -0.25) is 4.79 Å². The molecule has 2 aromatic carbocycles. The van der Waals surface area contributed by atoms with E-state index in [4.69, 9.17) is 11.5 Å². The number of nitrogens with two attached hydrogens (primary N) is 2. The predicted octanol–water partition coefficient (Wildman–Crippen LogP) is 2.50. The number of hydrogen-bond donors (Lipinski definition) is 3. The first-order chi connectivity index (χ1) is 10.7. The molecule has 0 bridgehead atoms. The van der Waals surface area contributed by atoms with E-state index in [1.165, 1.54) is 0 Å². The van der Waals surface area contributed by atoms with E-state index < -0.39 is 5.91 Å². The minimum absolute atomic E-state index is 0.357. The van der Waals surface area contributed by atoms with E-state index in [2.05, 4.69) is 17.4 Å². The lowest BCUT2D eigenvalue weighted by atomic mass is 9.82. The summed E-state index contributed by atoms with van der Waals surface area (Å²) in [6.45, 7) is 1.94. The lowest BCUT2D eigenvalue weighted by Gasteiger charge is -2.27. The Kier molecular flexibility index (Phi) is 4.11. The number of amides is 1. The number of carbonyl (C=O) groups is 1. The van der Waals surface area contributed by atoms with Gasteiger partial charge in [0.25, 0.3) is 5.91 Å². The summed E-state index contributed by atoms with van der Waals surface area (Å²) in [6.07, 6.45) is 2.04. The lowest BCUT2D eigenvalue weighted by molar-refractivity contribution is 0.100. The fourth-order valence-electron chi connectivity index (χ4n) is 3.27. The summed E-state index contributed by atoms with van der Waals surface area (Å²) in [6, 6.07) is 13.9. The number of primary amides is 1. The Hall–Kier alpha value is -2.33. The molecule has 1 amide bonds. The van der Waals surface area contributed by atoms with E-state index in [0.29, 0.717) is 17.2 Å². The van der Waals surface area contributed by atoms with Gasteiger partial charge in [-0.25, -0.2) is 0 Å². The van der Waals surface area contributed by atoms with Gasteiger partial charge in [-0.1, -0.05) is 36.4 Å². The fourth-order valence-corrected chi connectivity index (χ4v) is 3.27. The Morgan fingerprint density at radius 3 is 2.36 bits per heavy atom. The third-order valence-corrected chi connectivity index (χ3v) is 4.38. The van der Waals surface area contributed by atoms with Gasteiger partial charge in [-0.2, -0.15) is 0 Å². The molecule has 4 nitrogen and oxygen atoms in total. The third kappa shape index (κ3) is 2.70. The maximum Gasteiger partial charge on any atom is 0.250 e. The second-order valence-electron chi connectivity index (χ2n) is 5.74.